The lowest BCUT2D eigenvalue weighted by Crippen LogP contribution is -2.46. The van der Waals surface area contributed by atoms with Crippen molar-refractivity contribution in [1.29, 1.82) is 0 Å². The van der Waals surface area contributed by atoms with Crippen molar-refractivity contribution in [3.8, 4) is 0 Å². The standard InChI is InChI=1S/C23H22Cl2N2O3S/c1-17(26-31(29,30)22-14-20(24)12-13-21(22)25)23(28)27(15-18-8-4-2-5-9-18)16-19-10-6-3-7-11-19/h2-14,17,26H,15-16H2,1H3/t17-/m0/s1. The second kappa shape index (κ2) is 10.3. The normalized spacial score (nSPS) is 12.4. The average Bonchev–Trinajstić information content (AvgIpc) is 2.75. The second-order valence-corrected chi connectivity index (χ2v) is 9.61. The van der Waals surface area contributed by atoms with Crippen LogP contribution in [-0.4, -0.2) is 25.3 Å². The number of carbonyl (C=O) groups is 1. The van der Waals surface area contributed by atoms with Gasteiger partial charge in [-0.1, -0.05) is 83.9 Å². The number of halogens is 2. The van der Waals surface area contributed by atoms with E-state index < -0.39 is 16.1 Å². The van der Waals surface area contributed by atoms with Crippen molar-refractivity contribution in [2.24, 2.45) is 0 Å². The van der Waals surface area contributed by atoms with Crippen molar-refractivity contribution in [2.45, 2.75) is 31.0 Å². The van der Waals surface area contributed by atoms with E-state index in [-0.39, 0.29) is 20.8 Å². The van der Waals surface area contributed by atoms with E-state index in [9.17, 15) is 13.2 Å². The summed E-state index contributed by atoms with van der Waals surface area (Å²) in [5.74, 6) is -0.352. The first kappa shape index (κ1) is 23.3. The highest BCUT2D eigenvalue weighted by Gasteiger charge is 2.27. The van der Waals surface area contributed by atoms with E-state index >= 15 is 0 Å². The van der Waals surface area contributed by atoms with Gasteiger partial charge in [-0.2, -0.15) is 4.72 Å². The Bertz CT molecular complexity index is 1100. The fourth-order valence-corrected chi connectivity index (χ4v) is 5.08. The number of nitrogens with zero attached hydrogens (tertiary/aromatic N) is 1. The first-order valence-corrected chi connectivity index (χ1v) is 11.8. The lowest BCUT2D eigenvalue weighted by molar-refractivity contribution is -0.133. The third-order valence-corrected chi connectivity index (χ3v) is 6.89. The summed E-state index contributed by atoms with van der Waals surface area (Å²) in [5, 5.41) is 0.264. The van der Waals surface area contributed by atoms with Crippen LogP contribution < -0.4 is 4.72 Å². The maximum atomic E-state index is 13.3. The zero-order valence-electron chi connectivity index (χ0n) is 16.8. The predicted molar refractivity (Wildman–Crippen MR) is 123 cm³/mol. The summed E-state index contributed by atoms with van der Waals surface area (Å²) in [6.45, 7) is 2.21. The van der Waals surface area contributed by atoms with Crippen molar-refractivity contribution < 1.29 is 13.2 Å². The average molecular weight is 477 g/mol. The molecule has 0 aliphatic rings. The van der Waals surface area contributed by atoms with E-state index in [4.69, 9.17) is 23.2 Å². The number of sulfonamides is 1. The van der Waals surface area contributed by atoms with E-state index in [1.54, 1.807) is 4.90 Å². The molecule has 162 valence electrons. The van der Waals surface area contributed by atoms with Crippen LogP contribution in [0.3, 0.4) is 0 Å². The summed E-state index contributed by atoms with van der Waals surface area (Å²) in [5.41, 5.74) is 1.89. The fourth-order valence-electron chi connectivity index (χ4n) is 3.12. The highest BCUT2D eigenvalue weighted by atomic mass is 35.5. The van der Waals surface area contributed by atoms with Gasteiger partial charge in [0.1, 0.15) is 4.90 Å². The van der Waals surface area contributed by atoms with Crippen LogP contribution in [0.15, 0.2) is 83.8 Å². The minimum atomic E-state index is -4.05. The molecule has 3 aromatic carbocycles. The van der Waals surface area contributed by atoms with Crippen LogP contribution in [0.5, 0.6) is 0 Å². The zero-order chi connectivity index (χ0) is 22.4. The van der Waals surface area contributed by atoms with Gasteiger partial charge in [-0.25, -0.2) is 8.42 Å². The fraction of sp³-hybridized carbons (Fsp3) is 0.174. The Kier molecular flexibility index (Phi) is 7.73. The first-order chi connectivity index (χ1) is 14.8. The lowest BCUT2D eigenvalue weighted by Gasteiger charge is -2.26. The van der Waals surface area contributed by atoms with Crippen LogP contribution in [-0.2, 0) is 27.9 Å². The number of benzene rings is 3. The third-order valence-electron chi connectivity index (χ3n) is 4.63. The summed E-state index contributed by atoms with van der Waals surface area (Å²) in [7, 11) is -4.05. The van der Waals surface area contributed by atoms with Crippen LogP contribution >= 0.6 is 23.2 Å². The molecule has 31 heavy (non-hydrogen) atoms. The van der Waals surface area contributed by atoms with Crippen LogP contribution in [0, 0.1) is 0 Å². The summed E-state index contributed by atoms with van der Waals surface area (Å²) in [4.78, 5) is 14.7. The van der Waals surface area contributed by atoms with Gasteiger partial charge in [0.25, 0.3) is 0 Å². The van der Waals surface area contributed by atoms with Gasteiger partial charge >= 0.3 is 0 Å². The molecule has 1 N–H and O–H groups in total. The molecule has 0 aliphatic heterocycles. The van der Waals surface area contributed by atoms with Crippen LogP contribution in [0.4, 0.5) is 0 Å². The smallest absolute Gasteiger partial charge is 0.242 e. The number of hydrogen-bond acceptors (Lipinski definition) is 3. The molecule has 3 aromatic rings. The van der Waals surface area contributed by atoms with Crippen LogP contribution in [0.1, 0.15) is 18.1 Å². The van der Waals surface area contributed by atoms with Gasteiger partial charge in [0.15, 0.2) is 0 Å². The topological polar surface area (TPSA) is 66.5 Å². The van der Waals surface area contributed by atoms with Gasteiger partial charge in [-0.3, -0.25) is 4.79 Å². The molecule has 0 radical (unpaired) electrons. The molecule has 8 heteroatoms. The van der Waals surface area contributed by atoms with E-state index in [1.807, 2.05) is 60.7 Å². The molecule has 3 rings (SSSR count). The number of amides is 1. The molecule has 0 saturated heterocycles. The van der Waals surface area contributed by atoms with Gasteiger partial charge in [0.05, 0.1) is 11.1 Å². The SMILES string of the molecule is C[C@H](NS(=O)(=O)c1cc(Cl)ccc1Cl)C(=O)N(Cc1ccccc1)Cc1ccccc1. The summed E-state index contributed by atoms with van der Waals surface area (Å²) in [6, 6.07) is 22.2. The highest BCUT2D eigenvalue weighted by Crippen LogP contribution is 2.25. The lowest BCUT2D eigenvalue weighted by atomic mass is 10.1. The van der Waals surface area contributed by atoms with E-state index in [1.165, 1.54) is 25.1 Å². The summed E-state index contributed by atoms with van der Waals surface area (Å²) >= 11 is 12.0. The largest absolute Gasteiger partial charge is 0.333 e. The van der Waals surface area contributed by atoms with Crippen molar-refractivity contribution in [3.05, 3.63) is 100 Å². The molecule has 1 atom stereocenters. The van der Waals surface area contributed by atoms with E-state index in [0.29, 0.717) is 13.1 Å². The van der Waals surface area contributed by atoms with Crippen molar-refractivity contribution >= 4 is 39.1 Å². The van der Waals surface area contributed by atoms with Crippen molar-refractivity contribution in [1.82, 2.24) is 9.62 Å². The Labute approximate surface area is 192 Å². The van der Waals surface area contributed by atoms with Gasteiger partial charge in [-0.05, 0) is 36.2 Å². The summed E-state index contributed by atoms with van der Waals surface area (Å²) in [6.07, 6.45) is 0. The number of rotatable bonds is 8. The van der Waals surface area contributed by atoms with Crippen LogP contribution in [0.2, 0.25) is 10.0 Å². The van der Waals surface area contributed by atoms with E-state index in [0.717, 1.165) is 11.1 Å². The minimum Gasteiger partial charge on any atom is -0.333 e. The second-order valence-electron chi connectivity index (χ2n) is 7.08. The molecular weight excluding hydrogens is 455 g/mol. The number of carbonyl (C=O) groups excluding carboxylic acids is 1. The van der Waals surface area contributed by atoms with Crippen molar-refractivity contribution in [3.63, 3.8) is 0 Å². The van der Waals surface area contributed by atoms with Gasteiger partial charge < -0.3 is 4.90 Å². The van der Waals surface area contributed by atoms with Crippen molar-refractivity contribution in [2.75, 3.05) is 0 Å². The molecule has 0 heterocycles. The Morgan fingerprint density at radius 1 is 0.903 bits per heavy atom. The Morgan fingerprint density at radius 3 is 1.94 bits per heavy atom. The molecule has 0 fully saturated rings. The molecule has 0 saturated carbocycles. The van der Waals surface area contributed by atoms with Gasteiger partial charge in [0.2, 0.25) is 15.9 Å². The maximum absolute atomic E-state index is 13.3. The predicted octanol–water partition coefficient (Wildman–Crippen LogP) is 4.89. The maximum Gasteiger partial charge on any atom is 0.242 e. The Hall–Kier alpha value is -2.38. The Balaban J connectivity index is 1.83. The molecule has 0 aliphatic carbocycles. The monoisotopic (exact) mass is 476 g/mol. The molecule has 5 nitrogen and oxygen atoms in total. The molecule has 1 amide bonds. The Morgan fingerprint density at radius 2 is 1.42 bits per heavy atom. The molecule has 0 unspecified atom stereocenters. The third kappa shape index (κ3) is 6.31. The summed E-state index contributed by atoms with van der Waals surface area (Å²) < 4.78 is 28.1. The van der Waals surface area contributed by atoms with Crippen LogP contribution in [0.25, 0.3) is 0 Å². The molecule has 0 aromatic heterocycles. The van der Waals surface area contributed by atoms with E-state index in [2.05, 4.69) is 4.72 Å². The quantitative estimate of drug-likeness (QED) is 0.503. The first-order valence-electron chi connectivity index (χ1n) is 9.60. The zero-order valence-corrected chi connectivity index (χ0v) is 19.2. The minimum absolute atomic E-state index is 0.0296. The molecular formula is C23H22Cl2N2O3S. The van der Waals surface area contributed by atoms with Gasteiger partial charge in [0, 0.05) is 18.1 Å². The molecule has 0 spiro atoms. The number of hydrogen-bond donors (Lipinski definition) is 1. The molecule has 0 bridgehead atoms. The van der Waals surface area contributed by atoms with Gasteiger partial charge in [-0.15, -0.1) is 0 Å². The highest BCUT2D eigenvalue weighted by molar-refractivity contribution is 7.89. The number of nitrogens with one attached hydrogen (secondary N) is 1.